The monoisotopic (exact) mass is 546 g/mol. The third kappa shape index (κ3) is 5.19. The number of ether oxygens (including phenoxy) is 1. The molecule has 0 aliphatic carbocycles. The first-order chi connectivity index (χ1) is 18.3. The van der Waals surface area contributed by atoms with Crippen molar-refractivity contribution in [2.75, 3.05) is 5.32 Å². The summed E-state index contributed by atoms with van der Waals surface area (Å²) in [6.07, 6.45) is 0. The van der Waals surface area contributed by atoms with Crippen molar-refractivity contribution < 1.29 is 19.2 Å². The number of aromatic nitrogens is 1. The second-order valence-electron chi connectivity index (χ2n) is 9.11. The number of nitrogens with one attached hydrogen (secondary N) is 1. The molecule has 2 N–H and O–H groups in total. The van der Waals surface area contributed by atoms with Crippen LogP contribution in [-0.4, -0.2) is 16.2 Å². The van der Waals surface area contributed by atoms with Crippen LogP contribution in [0, 0.1) is 0 Å². The lowest BCUT2D eigenvalue weighted by Crippen LogP contribution is -2.01. The molecule has 0 fully saturated rings. The quantitative estimate of drug-likeness (QED) is 0.202. The van der Waals surface area contributed by atoms with Crippen LogP contribution in [0.1, 0.15) is 41.4 Å². The zero-order valence-corrected chi connectivity index (χ0v) is 22.2. The second kappa shape index (κ2) is 10.8. The molecule has 0 bridgehead atoms. The van der Waals surface area contributed by atoms with E-state index in [0.717, 1.165) is 22.0 Å². The lowest BCUT2D eigenvalue weighted by molar-refractivity contribution is 0.0697. The zero-order chi connectivity index (χ0) is 26.8. The van der Waals surface area contributed by atoms with Gasteiger partial charge < -0.3 is 19.7 Å². The highest BCUT2D eigenvalue weighted by molar-refractivity contribution is 6.39. The Bertz CT molecular complexity index is 1620. The number of benzene rings is 4. The van der Waals surface area contributed by atoms with Gasteiger partial charge in [-0.3, -0.25) is 0 Å². The van der Waals surface area contributed by atoms with E-state index in [1.807, 2.05) is 56.3 Å². The molecule has 38 heavy (non-hydrogen) atoms. The number of carbonyl (C=O) groups is 1. The van der Waals surface area contributed by atoms with Crippen LogP contribution in [0.25, 0.3) is 22.0 Å². The lowest BCUT2D eigenvalue weighted by Gasteiger charge is -2.13. The maximum atomic E-state index is 11.3. The van der Waals surface area contributed by atoms with E-state index >= 15 is 0 Å². The summed E-state index contributed by atoms with van der Waals surface area (Å²) in [4.78, 5) is 11.3. The van der Waals surface area contributed by atoms with Crippen LogP contribution in [0.3, 0.4) is 0 Å². The van der Waals surface area contributed by atoms with Crippen LogP contribution in [0.5, 0.6) is 5.75 Å². The van der Waals surface area contributed by atoms with Crippen molar-refractivity contribution in [2.45, 2.75) is 26.4 Å². The molecule has 1 heterocycles. The molecule has 4 aromatic carbocycles. The summed E-state index contributed by atoms with van der Waals surface area (Å²) in [5.74, 6) is 0.504. The number of hydrogen-bond donors (Lipinski definition) is 2. The van der Waals surface area contributed by atoms with Crippen LogP contribution < -0.4 is 10.1 Å². The van der Waals surface area contributed by atoms with Gasteiger partial charge in [-0.25, -0.2) is 4.79 Å². The van der Waals surface area contributed by atoms with E-state index in [1.165, 1.54) is 0 Å². The van der Waals surface area contributed by atoms with Crippen molar-refractivity contribution in [2.24, 2.45) is 0 Å². The summed E-state index contributed by atoms with van der Waals surface area (Å²) in [6, 6.07) is 23.7. The summed E-state index contributed by atoms with van der Waals surface area (Å²) < 4.78 is 11.9. The molecule has 0 aliphatic heterocycles. The molecule has 8 heteroatoms. The molecule has 0 saturated carbocycles. The highest BCUT2D eigenvalue weighted by Gasteiger charge is 2.24. The van der Waals surface area contributed by atoms with E-state index < -0.39 is 5.97 Å². The van der Waals surface area contributed by atoms with Gasteiger partial charge in [-0.2, -0.15) is 0 Å². The molecule has 0 aliphatic rings. The molecule has 0 saturated heterocycles. The number of anilines is 2. The lowest BCUT2D eigenvalue weighted by atomic mass is 10.0. The summed E-state index contributed by atoms with van der Waals surface area (Å²) in [5.41, 5.74) is 3.75. The molecule has 1 aromatic heterocycles. The van der Waals surface area contributed by atoms with Gasteiger partial charge in [0.05, 0.1) is 21.2 Å². The van der Waals surface area contributed by atoms with Gasteiger partial charge in [-0.15, -0.1) is 0 Å². The number of rotatable bonds is 8. The van der Waals surface area contributed by atoms with Crippen molar-refractivity contribution in [3.05, 3.63) is 106 Å². The number of halogens is 2. The highest BCUT2D eigenvalue weighted by Crippen LogP contribution is 2.39. The standard InChI is InChI=1S/C30H24Cl2N2O4/c1-17(2)29-23(28(34-38-29)27-24(31)9-5-10-25(27)32)16-37-21-12-13-22-18(15-21)6-4-11-26(22)33-20-8-3-7-19(14-20)30(35)36/h3-15,17,33H,16H2,1-2H3,(H,35,36). The molecule has 0 spiro atoms. The Hall–Kier alpha value is -4.00. The topological polar surface area (TPSA) is 84.6 Å². The van der Waals surface area contributed by atoms with Gasteiger partial charge in [0.2, 0.25) is 0 Å². The molecule has 0 atom stereocenters. The zero-order valence-electron chi connectivity index (χ0n) is 20.7. The summed E-state index contributed by atoms with van der Waals surface area (Å²) in [5, 5.41) is 19.8. The van der Waals surface area contributed by atoms with Crippen LogP contribution in [-0.2, 0) is 6.61 Å². The Morgan fingerprint density at radius 3 is 2.47 bits per heavy atom. The van der Waals surface area contributed by atoms with E-state index in [2.05, 4.69) is 10.5 Å². The van der Waals surface area contributed by atoms with E-state index in [9.17, 15) is 9.90 Å². The van der Waals surface area contributed by atoms with Gasteiger partial charge in [0, 0.05) is 28.2 Å². The maximum Gasteiger partial charge on any atom is 0.335 e. The fourth-order valence-corrected chi connectivity index (χ4v) is 4.91. The molecule has 5 aromatic rings. The van der Waals surface area contributed by atoms with Crippen LogP contribution in [0.2, 0.25) is 10.0 Å². The Morgan fingerprint density at radius 2 is 1.74 bits per heavy atom. The van der Waals surface area contributed by atoms with Gasteiger partial charge in [0.15, 0.2) is 0 Å². The Balaban J connectivity index is 1.43. The molecular formula is C30H24Cl2N2O4. The fourth-order valence-electron chi connectivity index (χ4n) is 4.34. The van der Waals surface area contributed by atoms with E-state index in [1.54, 1.807) is 36.4 Å². The average Bonchev–Trinajstić information content (AvgIpc) is 3.31. The number of carboxylic acids is 1. The number of hydrogen-bond acceptors (Lipinski definition) is 5. The van der Waals surface area contributed by atoms with Crippen molar-refractivity contribution in [3.8, 4) is 17.0 Å². The first-order valence-corrected chi connectivity index (χ1v) is 12.8. The molecular weight excluding hydrogens is 523 g/mol. The van der Waals surface area contributed by atoms with Gasteiger partial charge in [0.1, 0.15) is 23.8 Å². The average molecular weight is 547 g/mol. The molecule has 6 nitrogen and oxygen atoms in total. The second-order valence-corrected chi connectivity index (χ2v) is 9.93. The van der Waals surface area contributed by atoms with Crippen molar-refractivity contribution in [1.29, 1.82) is 0 Å². The van der Waals surface area contributed by atoms with Crippen molar-refractivity contribution in [1.82, 2.24) is 5.16 Å². The summed E-state index contributed by atoms with van der Waals surface area (Å²) in [7, 11) is 0. The first-order valence-electron chi connectivity index (χ1n) is 12.0. The Morgan fingerprint density at radius 1 is 1.00 bits per heavy atom. The van der Waals surface area contributed by atoms with Crippen molar-refractivity contribution >= 4 is 51.3 Å². The fraction of sp³-hybridized carbons (Fsp3) is 0.133. The molecule has 5 rings (SSSR count). The SMILES string of the molecule is CC(C)c1onc(-c2c(Cl)cccc2Cl)c1COc1ccc2c(Nc3cccc(C(=O)O)c3)cccc2c1. The van der Waals surface area contributed by atoms with Gasteiger partial charge in [0.25, 0.3) is 0 Å². The number of aromatic carboxylic acids is 1. The summed E-state index contributed by atoms with van der Waals surface area (Å²) >= 11 is 12.9. The third-order valence-electron chi connectivity index (χ3n) is 6.17. The van der Waals surface area contributed by atoms with E-state index in [-0.39, 0.29) is 18.1 Å². The normalized spacial score (nSPS) is 11.2. The first kappa shape index (κ1) is 25.6. The Labute approximate surface area is 229 Å². The van der Waals surface area contributed by atoms with Gasteiger partial charge >= 0.3 is 5.97 Å². The molecule has 0 amide bonds. The Kier molecular flexibility index (Phi) is 7.27. The van der Waals surface area contributed by atoms with Gasteiger partial charge in [-0.05, 0) is 60.0 Å². The minimum absolute atomic E-state index is 0.0842. The number of fused-ring (bicyclic) bond motifs is 1. The van der Waals surface area contributed by atoms with Crippen molar-refractivity contribution in [3.63, 3.8) is 0 Å². The van der Waals surface area contributed by atoms with Crippen LogP contribution in [0.4, 0.5) is 11.4 Å². The van der Waals surface area contributed by atoms with Crippen LogP contribution in [0.15, 0.2) is 83.4 Å². The number of carboxylic acid groups (broad SMARTS) is 1. The van der Waals surface area contributed by atoms with Crippen LogP contribution >= 0.6 is 23.2 Å². The predicted octanol–water partition coefficient (Wildman–Crippen LogP) is 8.95. The molecule has 0 unspecified atom stereocenters. The minimum atomic E-state index is -0.971. The smallest absolute Gasteiger partial charge is 0.335 e. The highest BCUT2D eigenvalue weighted by atomic mass is 35.5. The molecule has 192 valence electrons. The largest absolute Gasteiger partial charge is 0.489 e. The summed E-state index contributed by atoms with van der Waals surface area (Å²) in [6.45, 7) is 4.27. The van der Waals surface area contributed by atoms with Gasteiger partial charge in [-0.1, -0.05) is 66.5 Å². The minimum Gasteiger partial charge on any atom is -0.489 e. The predicted molar refractivity (Wildman–Crippen MR) is 151 cm³/mol. The maximum absolute atomic E-state index is 11.3. The van der Waals surface area contributed by atoms with E-state index in [0.29, 0.717) is 38.5 Å². The number of nitrogens with zero attached hydrogens (tertiary/aromatic N) is 1. The molecule has 0 radical (unpaired) electrons. The third-order valence-corrected chi connectivity index (χ3v) is 6.80. The van der Waals surface area contributed by atoms with E-state index in [4.69, 9.17) is 32.5 Å².